The number of methoxy groups -OCH3 is 8. The molecule has 504 valence electrons. The SMILES string of the molecule is COc1ccc(NC(=O)[C@@H](CCCCN)NC(=O)c2c(OC)ccc(NC(=O)[C@@H](CCCCN)NC(=O)c3c(OC)ccc(NC(=O)[C@@H](CCCCN)NC(=O)c4c(OC)ccc(NC(=O)[C@@H](CCCCN)N=C(N)N)c4OC)c3OC)c2OC)c(OC)c1C(N)=O. The zero-order chi connectivity index (χ0) is 68.0. The lowest BCUT2D eigenvalue weighted by Crippen LogP contribution is -2.45. The molecule has 0 unspecified atom stereocenters. The number of guanidine groups is 1. The summed E-state index contributed by atoms with van der Waals surface area (Å²) >= 11 is 0. The smallest absolute Gasteiger partial charge is 0.259 e. The van der Waals surface area contributed by atoms with Crippen LogP contribution in [-0.2, 0) is 19.2 Å². The Kier molecular flexibility index (Phi) is 30.8. The summed E-state index contributed by atoms with van der Waals surface area (Å²) in [5.41, 5.74) is 39.4. The fraction of sp³-hybridized carbons (Fsp3) is 0.459. The predicted molar refractivity (Wildman–Crippen MR) is 346 cm³/mol. The molecule has 8 amide bonds. The third kappa shape index (κ3) is 20.1. The second-order valence-corrected chi connectivity index (χ2v) is 20.5. The molecule has 31 heteroatoms. The van der Waals surface area contributed by atoms with E-state index in [4.69, 9.17) is 78.0 Å². The Morgan fingerprint density at radius 3 is 0.870 bits per heavy atom. The zero-order valence-electron chi connectivity index (χ0n) is 53.3. The first-order chi connectivity index (χ1) is 44.2. The lowest BCUT2D eigenvalue weighted by Gasteiger charge is -2.24. The molecule has 4 atom stereocenters. The maximum absolute atomic E-state index is 14.7. The molecule has 92 heavy (non-hydrogen) atoms. The number of carbonyl (C=O) groups is 8. The summed E-state index contributed by atoms with van der Waals surface area (Å²) in [6.07, 6.45) is 4.11. The number of aliphatic imine (C=N–C) groups is 1. The molecule has 0 aliphatic heterocycles. The molecule has 0 aromatic heterocycles. The quantitative estimate of drug-likeness (QED) is 0.0172. The number of nitrogens with two attached hydrogens (primary N) is 7. The lowest BCUT2D eigenvalue weighted by molar-refractivity contribution is -0.118. The highest BCUT2D eigenvalue weighted by atomic mass is 16.5. The van der Waals surface area contributed by atoms with Gasteiger partial charge in [0, 0.05) is 0 Å². The Morgan fingerprint density at radius 2 is 0.620 bits per heavy atom. The Balaban J connectivity index is 1.70. The predicted octanol–water partition coefficient (Wildman–Crippen LogP) is 2.16. The standard InChI is InChI=1S/C61H89N15O16/c1-85-41-25-21-33(49(89-5)45(41)53(66)77)69-54(78)37(17-9-13-29-62)73-58(82)46-42(86-2)26-22-34(50(46)90-6)70-55(79)38(18-10-14-30-63)74-59(83)47-43(87-3)27-23-35(51(47)91-7)71-56(80)39(19-11-15-31-64)75-60(84)48-44(88-4)28-24-36(52(48)92-8)72-57(81)40(76-61(67)68)20-12-16-32-65/h21-28,37-40H,9-20,29-32,62-65H2,1-8H3,(H2,66,77)(H,69,78)(H,70,79)(H,71,80)(H,72,81)(H,73,82)(H,74,83)(H,75,84)(H4,67,68,76)/t37-,38-,39-,40-/m1/s1. The van der Waals surface area contributed by atoms with E-state index in [1.165, 1.54) is 105 Å². The summed E-state index contributed by atoms with van der Waals surface area (Å²) in [6, 6.07) is 6.51. The number of amides is 8. The van der Waals surface area contributed by atoms with Gasteiger partial charge in [0.05, 0.1) is 79.6 Å². The topological polar surface area (TPSA) is 489 Å². The average Bonchev–Trinajstić information content (AvgIpc) is 0.874. The first-order valence-electron chi connectivity index (χ1n) is 29.6. The number of anilines is 4. The van der Waals surface area contributed by atoms with E-state index in [0.717, 1.165) is 0 Å². The number of unbranched alkanes of at least 4 members (excludes halogenated alkanes) is 4. The van der Waals surface area contributed by atoms with Crippen LogP contribution in [0.15, 0.2) is 53.5 Å². The van der Waals surface area contributed by atoms with Gasteiger partial charge >= 0.3 is 0 Å². The van der Waals surface area contributed by atoms with E-state index >= 15 is 0 Å². The van der Waals surface area contributed by atoms with Crippen LogP contribution in [0, 0.1) is 0 Å². The normalized spacial score (nSPS) is 12.0. The van der Waals surface area contributed by atoms with Crippen molar-refractivity contribution in [3.8, 4) is 46.0 Å². The minimum atomic E-state index is -1.32. The minimum absolute atomic E-state index is 0.0112. The third-order valence-electron chi connectivity index (χ3n) is 14.4. The van der Waals surface area contributed by atoms with Crippen LogP contribution in [0.1, 0.15) is 118 Å². The maximum Gasteiger partial charge on any atom is 0.259 e. The summed E-state index contributed by atoms with van der Waals surface area (Å²) in [4.78, 5) is 117. The molecule has 4 aromatic carbocycles. The van der Waals surface area contributed by atoms with Crippen molar-refractivity contribution in [2.75, 3.05) is 104 Å². The fourth-order valence-corrected chi connectivity index (χ4v) is 9.83. The van der Waals surface area contributed by atoms with Gasteiger partial charge in [-0.25, -0.2) is 4.99 Å². The number of ether oxygens (including phenoxy) is 8. The highest BCUT2D eigenvalue weighted by Crippen LogP contribution is 2.40. The van der Waals surface area contributed by atoms with Crippen LogP contribution in [0.2, 0.25) is 0 Å². The summed E-state index contributed by atoms with van der Waals surface area (Å²) in [6.45, 7) is 1.20. The number of benzene rings is 4. The van der Waals surface area contributed by atoms with Gasteiger partial charge in [-0.3, -0.25) is 38.4 Å². The zero-order valence-corrected chi connectivity index (χ0v) is 53.3. The summed E-state index contributed by atoms with van der Waals surface area (Å²) in [5, 5.41) is 19.3. The third-order valence-corrected chi connectivity index (χ3v) is 14.4. The number of nitrogens with one attached hydrogen (secondary N) is 7. The Bertz CT molecular complexity index is 3240. The van der Waals surface area contributed by atoms with Gasteiger partial charge in [0.2, 0.25) is 23.6 Å². The van der Waals surface area contributed by atoms with E-state index < -0.39 is 71.4 Å². The second-order valence-electron chi connectivity index (χ2n) is 20.5. The van der Waals surface area contributed by atoms with Gasteiger partial charge in [-0.15, -0.1) is 0 Å². The van der Waals surface area contributed by atoms with Gasteiger partial charge in [0.1, 0.15) is 69.4 Å². The molecule has 4 rings (SSSR count). The molecule has 0 spiro atoms. The van der Waals surface area contributed by atoms with Gasteiger partial charge in [0.25, 0.3) is 23.6 Å². The van der Waals surface area contributed by atoms with Crippen LogP contribution in [0.3, 0.4) is 0 Å². The first kappa shape index (κ1) is 74.6. The van der Waals surface area contributed by atoms with Gasteiger partial charge in [-0.05, 0) is 152 Å². The summed E-state index contributed by atoms with van der Waals surface area (Å²) < 4.78 is 44.8. The van der Waals surface area contributed by atoms with E-state index in [0.29, 0.717) is 64.5 Å². The van der Waals surface area contributed by atoms with Crippen LogP contribution in [0.25, 0.3) is 0 Å². The number of hydrogen-bond acceptors (Lipinski definition) is 21. The van der Waals surface area contributed by atoms with Crippen molar-refractivity contribution in [2.24, 2.45) is 45.1 Å². The largest absolute Gasteiger partial charge is 0.496 e. The van der Waals surface area contributed by atoms with Crippen LogP contribution in [0.5, 0.6) is 46.0 Å². The van der Waals surface area contributed by atoms with E-state index in [1.54, 1.807) is 0 Å². The van der Waals surface area contributed by atoms with Crippen molar-refractivity contribution in [1.82, 2.24) is 16.0 Å². The summed E-state index contributed by atoms with van der Waals surface area (Å²) in [5.74, 6) is -7.12. The molecule has 0 heterocycles. The Labute approximate surface area is 533 Å². The number of hydrogen-bond donors (Lipinski definition) is 14. The molecule has 0 saturated carbocycles. The number of rotatable bonds is 40. The Morgan fingerprint density at radius 1 is 0.359 bits per heavy atom. The molecular formula is C61H89N15O16. The molecular weight excluding hydrogens is 1200 g/mol. The molecule has 0 bridgehead atoms. The van der Waals surface area contributed by atoms with Crippen LogP contribution >= 0.6 is 0 Å². The van der Waals surface area contributed by atoms with Crippen molar-refractivity contribution >= 4 is 76.0 Å². The van der Waals surface area contributed by atoms with Crippen molar-refractivity contribution in [3.05, 3.63) is 70.8 Å². The molecule has 0 fully saturated rings. The lowest BCUT2D eigenvalue weighted by atomic mass is 10.0. The fourth-order valence-electron chi connectivity index (χ4n) is 9.83. The molecule has 4 aromatic rings. The number of carbonyl (C=O) groups excluding carboxylic acids is 8. The molecule has 0 aliphatic carbocycles. The van der Waals surface area contributed by atoms with Crippen molar-refractivity contribution < 1.29 is 76.3 Å². The second kappa shape index (κ2) is 38.0. The van der Waals surface area contributed by atoms with Gasteiger partial charge in [0.15, 0.2) is 29.0 Å². The molecule has 0 saturated heterocycles. The van der Waals surface area contributed by atoms with Gasteiger partial charge in [-0.1, -0.05) is 0 Å². The molecule has 0 aliphatic rings. The minimum Gasteiger partial charge on any atom is -0.496 e. The van der Waals surface area contributed by atoms with E-state index in [1.807, 2.05) is 0 Å². The van der Waals surface area contributed by atoms with Crippen molar-refractivity contribution in [1.29, 1.82) is 0 Å². The Hall–Kier alpha value is -9.85. The van der Waals surface area contributed by atoms with Gasteiger partial charge in [-0.2, -0.15) is 0 Å². The monoisotopic (exact) mass is 1290 g/mol. The molecule has 0 radical (unpaired) electrons. The highest BCUT2D eigenvalue weighted by molar-refractivity contribution is 6.11. The summed E-state index contributed by atoms with van der Waals surface area (Å²) in [7, 11) is 10.3. The van der Waals surface area contributed by atoms with Crippen LogP contribution in [-0.4, -0.2) is 160 Å². The number of primary amides is 1. The van der Waals surface area contributed by atoms with Crippen molar-refractivity contribution in [2.45, 2.75) is 101 Å². The molecule has 21 N–H and O–H groups in total. The average molecular weight is 1290 g/mol. The van der Waals surface area contributed by atoms with Crippen LogP contribution < -0.4 is 115 Å². The van der Waals surface area contributed by atoms with E-state index in [9.17, 15) is 38.4 Å². The molecule has 31 nitrogen and oxygen atoms in total. The maximum atomic E-state index is 14.7. The van der Waals surface area contributed by atoms with Crippen molar-refractivity contribution in [3.63, 3.8) is 0 Å². The van der Waals surface area contributed by atoms with Gasteiger partial charge < -0.3 is 115 Å². The number of nitrogens with zero attached hydrogens (tertiary/aromatic N) is 1. The van der Waals surface area contributed by atoms with E-state index in [-0.39, 0.29) is 136 Å². The van der Waals surface area contributed by atoms with Crippen LogP contribution in [0.4, 0.5) is 22.7 Å². The highest BCUT2D eigenvalue weighted by Gasteiger charge is 2.34. The van der Waals surface area contributed by atoms with E-state index in [2.05, 4.69) is 42.2 Å². The first-order valence-corrected chi connectivity index (χ1v) is 29.6.